The van der Waals surface area contributed by atoms with E-state index >= 15 is 0 Å². The molecule has 2 aromatic heterocycles. The summed E-state index contributed by atoms with van der Waals surface area (Å²) in [6.45, 7) is 0. The number of halogens is 5. The smallest absolute Gasteiger partial charge is 0.293 e. The van der Waals surface area contributed by atoms with Crippen molar-refractivity contribution in [3.05, 3.63) is 57.2 Å². The molecule has 1 aromatic carbocycles. The number of hydrogen-bond donors (Lipinski definition) is 0. The second-order valence-electron chi connectivity index (χ2n) is 4.97. The van der Waals surface area contributed by atoms with E-state index in [0.717, 1.165) is 32.9 Å². The van der Waals surface area contributed by atoms with Crippen molar-refractivity contribution in [2.45, 2.75) is 11.3 Å². The summed E-state index contributed by atoms with van der Waals surface area (Å²) in [5.74, 6) is -0.164. The highest BCUT2D eigenvalue weighted by Gasteiger charge is 2.32. The maximum Gasteiger partial charge on any atom is 0.417 e. The van der Waals surface area contributed by atoms with Crippen LogP contribution in [0, 0.1) is 0 Å². The summed E-state index contributed by atoms with van der Waals surface area (Å²) in [6.07, 6.45) is -3.68. The van der Waals surface area contributed by atoms with E-state index in [2.05, 4.69) is 26.1 Å². The van der Waals surface area contributed by atoms with Crippen LogP contribution in [0.15, 0.2) is 46.2 Å². The van der Waals surface area contributed by atoms with E-state index in [0.29, 0.717) is 5.56 Å². The lowest BCUT2D eigenvalue weighted by Gasteiger charge is -2.08. The van der Waals surface area contributed by atoms with Gasteiger partial charge in [0, 0.05) is 16.2 Å². The second kappa shape index (κ2) is 6.97. The van der Waals surface area contributed by atoms with Gasteiger partial charge >= 0.3 is 6.18 Å². The van der Waals surface area contributed by atoms with Crippen molar-refractivity contribution in [2.24, 2.45) is 0 Å². The zero-order valence-electron chi connectivity index (χ0n) is 12.2. The Bertz CT molecular complexity index is 944. The molecule has 0 fully saturated rings. The maximum absolute atomic E-state index is 12.9. The van der Waals surface area contributed by atoms with Gasteiger partial charge in [-0.3, -0.25) is 9.20 Å². The van der Waals surface area contributed by atoms with Gasteiger partial charge in [0.05, 0.1) is 16.3 Å². The Morgan fingerprint density at radius 1 is 1.24 bits per heavy atom. The minimum absolute atomic E-state index is 0.0102. The summed E-state index contributed by atoms with van der Waals surface area (Å²) in [7, 11) is 0. The van der Waals surface area contributed by atoms with E-state index in [9.17, 15) is 18.0 Å². The number of hydrogen-bond acceptors (Lipinski definition) is 4. The Labute approximate surface area is 157 Å². The number of Topliss-reactive ketones (excluding diaryl/α,β-unsaturated/α-hetero) is 1. The summed E-state index contributed by atoms with van der Waals surface area (Å²) in [6, 6.07) is 7.59. The average molecular weight is 451 g/mol. The van der Waals surface area contributed by atoms with Crippen LogP contribution in [0.25, 0.3) is 5.65 Å². The second-order valence-corrected chi connectivity index (χ2v) is 7.23. The number of pyridine rings is 1. The van der Waals surface area contributed by atoms with Crippen LogP contribution in [0.4, 0.5) is 13.2 Å². The van der Waals surface area contributed by atoms with Crippen LogP contribution in [-0.2, 0) is 6.18 Å². The topological polar surface area (TPSA) is 47.3 Å². The van der Waals surface area contributed by atoms with Crippen molar-refractivity contribution >= 4 is 50.7 Å². The lowest BCUT2D eigenvalue weighted by atomic mass is 10.2. The van der Waals surface area contributed by atoms with Crippen molar-refractivity contribution in [1.29, 1.82) is 0 Å². The minimum Gasteiger partial charge on any atom is -0.293 e. The lowest BCUT2D eigenvalue weighted by Crippen LogP contribution is -2.07. The van der Waals surface area contributed by atoms with Crippen molar-refractivity contribution in [2.75, 3.05) is 5.75 Å². The molecule has 10 heteroatoms. The van der Waals surface area contributed by atoms with E-state index in [1.807, 2.05) is 0 Å². The third-order valence-electron chi connectivity index (χ3n) is 3.25. The monoisotopic (exact) mass is 449 g/mol. The summed E-state index contributed by atoms with van der Waals surface area (Å²) >= 11 is 10.1. The third-order valence-corrected chi connectivity index (χ3v) is 5.00. The molecule has 0 aliphatic heterocycles. The van der Waals surface area contributed by atoms with Gasteiger partial charge in [-0.2, -0.15) is 13.2 Å². The maximum atomic E-state index is 12.9. The molecule has 0 unspecified atom stereocenters. The molecule has 0 atom stereocenters. The average Bonchev–Trinajstić information content (AvgIpc) is 2.96. The third kappa shape index (κ3) is 3.99. The van der Waals surface area contributed by atoms with Crippen molar-refractivity contribution in [3.8, 4) is 0 Å². The molecule has 0 radical (unpaired) electrons. The lowest BCUT2D eigenvalue weighted by molar-refractivity contribution is -0.137. The van der Waals surface area contributed by atoms with E-state index in [1.54, 1.807) is 24.3 Å². The predicted octanol–water partition coefficient (Wildman–Crippen LogP) is 5.14. The zero-order chi connectivity index (χ0) is 18.2. The molecule has 0 bridgehead atoms. The van der Waals surface area contributed by atoms with Crippen LogP contribution >= 0.6 is 39.3 Å². The molecule has 3 aromatic rings. The van der Waals surface area contributed by atoms with Gasteiger partial charge in [-0.15, -0.1) is 10.2 Å². The van der Waals surface area contributed by atoms with Crippen LogP contribution in [0.5, 0.6) is 0 Å². The first kappa shape index (κ1) is 18.2. The van der Waals surface area contributed by atoms with E-state index in [1.165, 1.54) is 0 Å². The quantitative estimate of drug-likeness (QED) is 0.408. The number of ketones is 1. The molecule has 0 spiro atoms. The number of thioether (sulfide) groups is 1. The summed E-state index contributed by atoms with van der Waals surface area (Å²) in [5, 5.41) is 7.60. The van der Waals surface area contributed by atoms with Gasteiger partial charge in [-0.05, 0) is 18.2 Å². The predicted molar refractivity (Wildman–Crippen MR) is 92.2 cm³/mol. The van der Waals surface area contributed by atoms with Crippen LogP contribution in [0.1, 0.15) is 15.9 Å². The van der Waals surface area contributed by atoms with Crippen LogP contribution in [0.3, 0.4) is 0 Å². The normalized spacial score (nSPS) is 11.9. The Morgan fingerprint density at radius 3 is 2.56 bits per heavy atom. The largest absolute Gasteiger partial charge is 0.417 e. The molecule has 25 heavy (non-hydrogen) atoms. The van der Waals surface area contributed by atoms with Gasteiger partial charge in [0.2, 0.25) is 0 Å². The van der Waals surface area contributed by atoms with Gasteiger partial charge in [0.25, 0.3) is 0 Å². The fraction of sp³-hybridized carbons (Fsp3) is 0.133. The van der Waals surface area contributed by atoms with E-state index < -0.39 is 11.7 Å². The minimum atomic E-state index is -4.54. The molecule has 2 heterocycles. The SMILES string of the molecule is O=C(CSc1nnc2c(Cl)cc(C(F)(F)F)cn12)c1ccc(Br)cc1. The van der Waals surface area contributed by atoms with Crippen LogP contribution in [-0.4, -0.2) is 26.1 Å². The number of carbonyl (C=O) groups excluding carboxylic acids is 1. The number of nitrogens with zero attached hydrogens (tertiary/aromatic N) is 3. The first-order valence-electron chi connectivity index (χ1n) is 6.79. The van der Waals surface area contributed by atoms with Gasteiger partial charge in [-0.25, -0.2) is 0 Å². The summed E-state index contributed by atoms with van der Waals surface area (Å²) < 4.78 is 40.8. The highest BCUT2D eigenvalue weighted by molar-refractivity contribution is 9.10. The molecule has 0 N–H and O–H groups in total. The molecule has 130 valence electrons. The van der Waals surface area contributed by atoms with Crippen molar-refractivity contribution in [1.82, 2.24) is 14.6 Å². The molecular formula is C15H8BrClF3N3OS. The van der Waals surface area contributed by atoms with Gasteiger partial charge < -0.3 is 0 Å². The number of aromatic nitrogens is 3. The number of fused-ring (bicyclic) bond motifs is 1. The Balaban J connectivity index is 1.85. The first-order valence-corrected chi connectivity index (χ1v) is 8.94. The standard InChI is InChI=1S/C15H8BrClF3N3OS/c16-10-3-1-8(2-4-10)12(24)7-25-14-22-21-13-11(17)5-9(6-23(13)14)15(18,19)20/h1-6H,7H2. The van der Waals surface area contributed by atoms with E-state index in [-0.39, 0.29) is 27.4 Å². The fourth-order valence-corrected chi connectivity index (χ4v) is 3.35. The summed E-state index contributed by atoms with van der Waals surface area (Å²) in [4.78, 5) is 12.2. The molecule has 0 aliphatic rings. The summed E-state index contributed by atoms with van der Waals surface area (Å²) in [5.41, 5.74) is -0.308. The number of carbonyl (C=O) groups is 1. The zero-order valence-corrected chi connectivity index (χ0v) is 15.4. The van der Waals surface area contributed by atoms with Crippen LogP contribution in [0.2, 0.25) is 5.02 Å². The Morgan fingerprint density at radius 2 is 1.92 bits per heavy atom. The van der Waals surface area contributed by atoms with Gasteiger partial charge in [0.15, 0.2) is 16.6 Å². The molecular weight excluding hydrogens is 443 g/mol. The molecule has 0 aliphatic carbocycles. The first-order chi connectivity index (χ1) is 11.8. The molecule has 0 amide bonds. The van der Waals surface area contributed by atoms with Gasteiger partial charge in [-0.1, -0.05) is 51.4 Å². The molecule has 3 rings (SSSR count). The Hall–Kier alpha value is -1.58. The van der Waals surface area contributed by atoms with Crippen molar-refractivity contribution < 1.29 is 18.0 Å². The molecule has 0 saturated carbocycles. The molecule has 4 nitrogen and oxygen atoms in total. The number of rotatable bonds is 4. The highest BCUT2D eigenvalue weighted by atomic mass is 79.9. The molecule has 0 saturated heterocycles. The number of benzene rings is 1. The fourth-order valence-electron chi connectivity index (χ4n) is 2.04. The van der Waals surface area contributed by atoms with E-state index in [4.69, 9.17) is 11.6 Å². The van der Waals surface area contributed by atoms with Crippen molar-refractivity contribution in [3.63, 3.8) is 0 Å². The Kier molecular flexibility index (Phi) is 5.08. The van der Waals surface area contributed by atoms with Crippen LogP contribution < -0.4 is 0 Å². The highest BCUT2D eigenvalue weighted by Crippen LogP contribution is 2.33. The van der Waals surface area contributed by atoms with Gasteiger partial charge in [0.1, 0.15) is 0 Å². The number of alkyl halides is 3.